The number of hydrogen-bond acceptors (Lipinski definition) is 6. The molecule has 142 valence electrons. The van der Waals surface area contributed by atoms with Gasteiger partial charge in [0.25, 0.3) is 0 Å². The fourth-order valence-electron chi connectivity index (χ4n) is 2.76. The molecule has 2 heterocycles. The summed E-state index contributed by atoms with van der Waals surface area (Å²) < 4.78 is 15.9. The SMILES string of the molecule is COc1ccc(OC)c(C=CC(=O)Nc2ccc(N3CCOCC3)nc2)c1. The Hall–Kier alpha value is -3.06. The molecule has 0 atom stereocenters. The van der Waals surface area contributed by atoms with Crippen molar-refractivity contribution in [2.24, 2.45) is 0 Å². The second-order valence-corrected chi connectivity index (χ2v) is 5.93. The molecule has 3 rings (SSSR count). The number of rotatable bonds is 6. The van der Waals surface area contributed by atoms with E-state index >= 15 is 0 Å². The Morgan fingerprint density at radius 2 is 2.00 bits per heavy atom. The lowest BCUT2D eigenvalue weighted by Crippen LogP contribution is -2.36. The van der Waals surface area contributed by atoms with E-state index in [9.17, 15) is 4.79 Å². The van der Waals surface area contributed by atoms with Crippen molar-refractivity contribution >= 4 is 23.5 Å². The van der Waals surface area contributed by atoms with E-state index < -0.39 is 0 Å². The van der Waals surface area contributed by atoms with Crippen molar-refractivity contribution in [3.63, 3.8) is 0 Å². The Morgan fingerprint density at radius 3 is 2.67 bits per heavy atom. The van der Waals surface area contributed by atoms with Crippen LogP contribution in [0.1, 0.15) is 5.56 Å². The van der Waals surface area contributed by atoms with Gasteiger partial charge in [-0.1, -0.05) is 0 Å². The van der Waals surface area contributed by atoms with Gasteiger partial charge in [-0.3, -0.25) is 4.79 Å². The summed E-state index contributed by atoms with van der Waals surface area (Å²) in [6.45, 7) is 3.06. The Labute approximate surface area is 158 Å². The van der Waals surface area contributed by atoms with Crippen molar-refractivity contribution < 1.29 is 19.0 Å². The maximum atomic E-state index is 12.2. The smallest absolute Gasteiger partial charge is 0.248 e. The number of pyridine rings is 1. The van der Waals surface area contributed by atoms with Gasteiger partial charge in [0.1, 0.15) is 17.3 Å². The number of benzene rings is 1. The highest BCUT2D eigenvalue weighted by atomic mass is 16.5. The second kappa shape index (κ2) is 9.05. The van der Waals surface area contributed by atoms with Gasteiger partial charge in [-0.05, 0) is 36.4 Å². The minimum absolute atomic E-state index is 0.249. The standard InChI is InChI=1S/C20H23N3O4/c1-25-17-5-6-18(26-2)15(13-17)3-8-20(24)22-16-4-7-19(21-14-16)23-9-11-27-12-10-23/h3-8,13-14H,9-12H2,1-2H3,(H,22,24). The summed E-state index contributed by atoms with van der Waals surface area (Å²) >= 11 is 0. The zero-order chi connectivity index (χ0) is 19.1. The number of carbonyl (C=O) groups excluding carboxylic acids is 1. The van der Waals surface area contributed by atoms with Crippen LogP contribution in [0, 0.1) is 0 Å². The van der Waals surface area contributed by atoms with Crippen LogP contribution < -0.4 is 19.7 Å². The van der Waals surface area contributed by atoms with Crippen molar-refractivity contribution in [3.8, 4) is 11.5 Å². The lowest BCUT2D eigenvalue weighted by atomic mass is 10.1. The van der Waals surface area contributed by atoms with Crippen LogP contribution in [0.15, 0.2) is 42.6 Å². The molecule has 1 aliphatic heterocycles. The monoisotopic (exact) mass is 369 g/mol. The third kappa shape index (κ3) is 4.98. The number of amides is 1. The number of nitrogens with one attached hydrogen (secondary N) is 1. The fourth-order valence-corrected chi connectivity index (χ4v) is 2.76. The number of morpholine rings is 1. The first-order valence-corrected chi connectivity index (χ1v) is 8.69. The minimum atomic E-state index is -0.249. The van der Waals surface area contributed by atoms with Gasteiger partial charge in [-0.15, -0.1) is 0 Å². The van der Waals surface area contributed by atoms with E-state index in [1.54, 1.807) is 44.7 Å². The van der Waals surface area contributed by atoms with Crippen LogP contribution in [0.2, 0.25) is 0 Å². The molecule has 1 aliphatic rings. The van der Waals surface area contributed by atoms with Crippen molar-refractivity contribution in [3.05, 3.63) is 48.2 Å². The molecule has 7 heteroatoms. The third-order valence-electron chi connectivity index (χ3n) is 4.20. The Morgan fingerprint density at radius 1 is 1.19 bits per heavy atom. The van der Waals surface area contributed by atoms with E-state index in [0.717, 1.165) is 24.5 Å². The maximum Gasteiger partial charge on any atom is 0.248 e. The highest BCUT2D eigenvalue weighted by Gasteiger charge is 2.12. The average molecular weight is 369 g/mol. The Bertz CT molecular complexity index is 799. The van der Waals surface area contributed by atoms with Crippen LogP contribution in [0.25, 0.3) is 6.08 Å². The van der Waals surface area contributed by atoms with Gasteiger partial charge in [-0.25, -0.2) is 4.98 Å². The third-order valence-corrected chi connectivity index (χ3v) is 4.20. The van der Waals surface area contributed by atoms with E-state index in [2.05, 4.69) is 15.2 Å². The quantitative estimate of drug-likeness (QED) is 0.789. The summed E-state index contributed by atoms with van der Waals surface area (Å²) in [5.41, 5.74) is 1.40. The molecule has 0 radical (unpaired) electrons. The van der Waals surface area contributed by atoms with Crippen molar-refractivity contribution in [1.82, 2.24) is 4.98 Å². The van der Waals surface area contributed by atoms with Crippen LogP contribution in [0.5, 0.6) is 11.5 Å². The number of ether oxygens (including phenoxy) is 3. The van der Waals surface area contributed by atoms with Gasteiger partial charge in [0, 0.05) is 24.7 Å². The average Bonchev–Trinajstić information content (AvgIpc) is 2.73. The fraction of sp³-hybridized carbons (Fsp3) is 0.300. The summed E-state index contributed by atoms with van der Waals surface area (Å²) in [7, 11) is 3.18. The number of anilines is 2. The molecule has 1 aromatic carbocycles. The first-order chi connectivity index (χ1) is 13.2. The molecule has 1 saturated heterocycles. The van der Waals surface area contributed by atoms with Crippen LogP contribution >= 0.6 is 0 Å². The van der Waals surface area contributed by atoms with Gasteiger partial charge in [0.05, 0.1) is 39.3 Å². The zero-order valence-corrected chi connectivity index (χ0v) is 15.5. The summed E-state index contributed by atoms with van der Waals surface area (Å²) in [6.07, 6.45) is 4.79. The lowest BCUT2D eigenvalue weighted by molar-refractivity contribution is -0.111. The lowest BCUT2D eigenvalue weighted by Gasteiger charge is -2.27. The normalized spacial score (nSPS) is 14.2. The molecule has 27 heavy (non-hydrogen) atoms. The highest BCUT2D eigenvalue weighted by molar-refractivity contribution is 6.02. The van der Waals surface area contributed by atoms with E-state index in [0.29, 0.717) is 30.4 Å². The molecule has 1 N–H and O–H groups in total. The summed E-state index contributed by atoms with van der Waals surface area (Å²) in [5.74, 6) is 1.99. The van der Waals surface area contributed by atoms with Gasteiger partial charge in [0.2, 0.25) is 5.91 Å². The van der Waals surface area contributed by atoms with E-state index in [4.69, 9.17) is 14.2 Å². The molecule has 0 saturated carbocycles. The van der Waals surface area contributed by atoms with E-state index in [1.807, 2.05) is 12.1 Å². The van der Waals surface area contributed by atoms with Gasteiger partial charge < -0.3 is 24.4 Å². The molecule has 1 fully saturated rings. The summed E-state index contributed by atoms with van der Waals surface area (Å²) in [4.78, 5) is 18.8. The van der Waals surface area contributed by atoms with Crippen molar-refractivity contribution in [1.29, 1.82) is 0 Å². The Balaban J connectivity index is 1.63. The highest BCUT2D eigenvalue weighted by Crippen LogP contribution is 2.25. The summed E-state index contributed by atoms with van der Waals surface area (Å²) in [5, 5.41) is 2.80. The zero-order valence-electron chi connectivity index (χ0n) is 15.5. The van der Waals surface area contributed by atoms with Crippen LogP contribution in [-0.4, -0.2) is 51.4 Å². The van der Waals surface area contributed by atoms with Crippen molar-refractivity contribution in [2.75, 3.05) is 50.7 Å². The van der Waals surface area contributed by atoms with E-state index in [1.165, 1.54) is 6.08 Å². The molecule has 2 aromatic rings. The number of carbonyl (C=O) groups is 1. The van der Waals surface area contributed by atoms with Crippen LogP contribution in [-0.2, 0) is 9.53 Å². The number of methoxy groups -OCH3 is 2. The van der Waals surface area contributed by atoms with Gasteiger partial charge in [0.15, 0.2) is 0 Å². The number of hydrogen-bond donors (Lipinski definition) is 1. The molecule has 7 nitrogen and oxygen atoms in total. The maximum absolute atomic E-state index is 12.2. The molecular weight excluding hydrogens is 346 g/mol. The van der Waals surface area contributed by atoms with Crippen LogP contribution in [0.3, 0.4) is 0 Å². The van der Waals surface area contributed by atoms with E-state index in [-0.39, 0.29) is 5.91 Å². The Kier molecular flexibility index (Phi) is 6.27. The first-order valence-electron chi connectivity index (χ1n) is 8.69. The minimum Gasteiger partial charge on any atom is -0.497 e. The molecular formula is C20H23N3O4. The summed E-state index contributed by atoms with van der Waals surface area (Å²) in [6, 6.07) is 9.15. The molecule has 0 aliphatic carbocycles. The second-order valence-electron chi connectivity index (χ2n) is 5.93. The first kappa shape index (κ1) is 18.7. The predicted molar refractivity (Wildman–Crippen MR) is 104 cm³/mol. The molecule has 0 spiro atoms. The van der Waals surface area contributed by atoms with Crippen molar-refractivity contribution in [2.45, 2.75) is 0 Å². The number of nitrogens with zero attached hydrogens (tertiary/aromatic N) is 2. The largest absolute Gasteiger partial charge is 0.497 e. The molecule has 1 aromatic heterocycles. The van der Waals surface area contributed by atoms with Gasteiger partial charge in [-0.2, -0.15) is 0 Å². The van der Waals surface area contributed by atoms with Gasteiger partial charge >= 0.3 is 0 Å². The topological polar surface area (TPSA) is 72.9 Å². The molecule has 0 bridgehead atoms. The molecule has 0 unspecified atom stereocenters. The number of aromatic nitrogens is 1. The molecule has 1 amide bonds. The predicted octanol–water partition coefficient (Wildman–Crippen LogP) is 2.59. The van der Waals surface area contributed by atoms with Crippen LogP contribution in [0.4, 0.5) is 11.5 Å².